The molecule has 1 aliphatic carbocycles. The molecule has 1 spiro atoms. The number of aliphatic hydroxyl groups is 2. The number of nitrogens with zero attached hydrogens (tertiary/aromatic N) is 2. The minimum atomic E-state index is -2.53. The molecular formula is C21H28N7O4+. The summed E-state index contributed by atoms with van der Waals surface area (Å²) in [6, 6.07) is 2.62. The molecule has 4 atom stereocenters. The maximum absolute atomic E-state index is 13.2. The molecule has 32 heavy (non-hydrogen) atoms. The molecule has 5 rings (SSSR count). The number of fused-ring (bicyclic) bond motifs is 1. The summed E-state index contributed by atoms with van der Waals surface area (Å²) in [5.41, 5.74) is 13.1. The minimum absolute atomic E-state index is 0.0243. The van der Waals surface area contributed by atoms with Crippen molar-refractivity contribution in [3.05, 3.63) is 34.9 Å². The molecule has 9 N–H and O–H groups in total. The van der Waals surface area contributed by atoms with Gasteiger partial charge in [-0.2, -0.15) is 0 Å². The molecule has 1 aromatic rings. The van der Waals surface area contributed by atoms with Crippen LogP contribution in [0.1, 0.15) is 41.3 Å². The predicted octanol–water partition coefficient (Wildman–Crippen LogP) is -2.77. The van der Waals surface area contributed by atoms with Crippen LogP contribution >= 0.6 is 0 Å². The van der Waals surface area contributed by atoms with E-state index in [1.54, 1.807) is 6.07 Å². The SMILES string of the molecule is CC(=O)C1NC(N)=[N+]2C[C@H](NC(=O)c3cccc4c3CCCC4)C(O)(O)[C@@]23NC(N)=N[C@@H]13. The standard InChI is InChI=1S/C21H27N7O4/c1-10(29)15-16-20(27-18(22)26-16)21(31,32)14(9-28(20)19(23)25-15)24-17(30)13-8-4-6-11-5-2-3-7-12(11)13/h4,6,8,14-16,31-32H,2-3,5,7,9H2,1H3,(H6,22,23,24,25,26,27,30)/p+1/t14-,15?,16-,20-/m0/s1. The van der Waals surface area contributed by atoms with E-state index in [4.69, 9.17) is 11.5 Å². The summed E-state index contributed by atoms with van der Waals surface area (Å²) in [6.07, 6.45) is 3.82. The molecule has 3 heterocycles. The smallest absolute Gasteiger partial charge is 0.346 e. The van der Waals surface area contributed by atoms with E-state index in [9.17, 15) is 19.8 Å². The molecule has 1 unspecified atom stereocenters. The van der Waals surface area contributed by atoms with Crippen molar-refractivity contribution in [2.75, 3.05) is 6.54 Å². The number of nitrogens with two attached hydrogens (primary N) is 2. The third kappa shape index (κ3) is 2.67. The van der Waals surface area contributed by atoms with E-state index in [0.717, 1.165) is 36.8 Å². The maximum atomic E-state index is 13.2. The van der Waals surface area contributed by atoms with Crippen LogP contribution in [0.2, 0.25) is 0 Å². The zero-order valence-electron chi connectivity index (χ0n) is 17.8. The molecule has 1 amide bonds. The lowest BCUT2D eigenvalue weighted by Gasteiger charge is -2.43. The predicted molar refractivity (Wildman–Crippen MR) is 115 cm³/mol. The number of nitrogens with one attached hydrogen (secondary N) is 3. The number of hydrogen-bond acceptors (Lipinski definition) is 9. The highest BCUT2D eigenvalue weighted by Crippen LogP contribution is 2.41. The summed E-state index contributed by atoms with van der Waals surface area (Å²) in [5.74, 6) is -3.18. The second-order valence-electron chi connectivity index (χ2n) is 8.98. The quantitative estimate of drug-likeness (QED) is 0.194. The van der Waals surface area contributed by atoms with Crippen molar-refractivity contribution < 1.29 is 24.4 Å². The van der Waals surface area contributed by atoms with Gasteiger partial charge in [-0.05, 0) is 49.8 Å². The fourth-order valence-corrected chi connectivity index (χ4v) is 5.62. The molecule has 1 saturated heterocycles. The number of carbonyl (C=O) groups is 2. The molecule has 0 aromatic heterocycles. The fraction of sp³-hybridized carbons (Fsp3) is 0.524. The fourth-order valence-electron chi connectivity index (χ4n) is 5.62. The number of benzene rings is 1. The maximum Gasteiger partial charge on any atom is 0.346 e. The van der Waals surface area contributed by atoms with Gasteiger partial charge in [0.2, 0.25) is 11.4 Å². The van der Waals surface area contributed by atoms with E-state index in [-0.39, 0.29) is 24.2 Å². The summed E-state index contributed by atoms with van der Waals surface area (Å²) >= 11 is 0. The highest BCUT2D eigenvalue weighted by atomic mass is 16.5. The zero-order valence-corrected chi connectivity index (χ0v) is 17.8. The Bertz CT molecular complexity index is 1080. The number of aliphatic imine (C=N–C) groups is 1. The van der Waals surface area contributed by atoms with Gasteiger partial charge in [-0.15, -0.1) is 0 Å². The van der Waals surface area contributed by atoms with E-state index in [1.165, 1.54) is 11.5 Å². The van der Waals surface area contributed by atoms with Crippen LogP contribution in [0, 0.1) is 0 Å². The lowest BCUT2D eigenvalue weighted by Crippen LogP contribution is -2.79. The van der Waals surface area contributed by atoms with Crippen LogP contribution in [0.25, 0.3) is 0 Å². The van der Waals surface area contributed by atoms with Crippen molar-refractivity contribution in [2.24, 2.45) is 16.5 Å². The monoisotopic (exact) mass is 442 g/mol. The summed E-state index contributed by atoms with van der Waals surface area (Å²) in [5, 5.41) is 31.3. The van der Waals surface area contributed by atoms with Crippen molar-refractivity contribution in [1.82, 2.24) is 16.0 Å². The normalized spacial score (nSPS) is 32.1. The lowest BCUT2D eigenvalue weighted by atomic mass is 9.84. The van der Waals surface area contributed by atoms with Crippen molar-refractivity contribution in [3.63, 3.8) is 0 Å². The van der Waals surface area contributed by atoms with Crippen LogP contribution in [-0.2, 0) is 17.6 Å². The van der Waals surface area contributed by atoms with Crippen molar-refractivity contribution in [2.45, 2.75) is 62.2 Å². The van der Waals surface area contributed by atoms with Gasteiger partial charge in [0.1, 0.15) is 6.04 Å². The van der Waals surface area contributed by atoms with E-state index in [2.05, 4.69) is 20.9 Å². The number of amides is 1. The highest BCUT2D eigenvalue weighted by Gasteiger charge is 2.75. The minimum Gasteiger partial charge on any atom is -0.370 e. The summed E-state index contributed by atoms with van der Waals surface area (Å²) < 4.78 is 1.48. The Morgan fingerprint density at radius 1 is 1.25 bits per heavy atom. The largest absolute Gasteiger partial charge is 0.370 e. The Morgan fingerprint density at radius 2 is 2.00 bits per heavy atom. The van der Waals surface area contributed by atoms with E-state index in [1.807, 2.05) is 12.1 Å². The number of rotatable bonds is 3. The number of hydrogen-bond donors (Lipinski definition) is 7. The van der Waals surface area contributed by atoms with Gasteiger partial charge in [0, 0.05) is 5.56 Å². The first-order valence-corrected chi connectivity index (χ1v) is 10.8. The summed E-state index contributed by atoms with van der Waals surface area (Å²) in [7, 11) is 0. The Morgan fingerprint density at radius 3 is 2.75 bits per heavy atom. The molecule has 0 bridgehead atoms. The first-order valence-electron chi connectivity index (χ1n) is 10.8. The van der Waals surface area contributed by atoms with Crippen LogP contribution in [0.15, 0.2) is 23.2 Å². The van der Waals surface area contributed by atoms with Gasteiger partial charge < -0.3 is 26.6 Å². The summed E-state index contributed by atoms with van der Waals surface area (Å²) in [4.78, 5) is 29.8. The molecule has 170 valence electrons. The topological polar surface area (TPSA) is 178 Å². The van der Waals surface area contributed by atoms with E-state index < -0.39 is 35.5 Å². The van der Waals surface area contributed by atoms with Crippen molar-refractivity contribution in [3.8, 4) is 0 Å². The second kappa shape index (κ2) is 6.91. The van der Waals surface area contributed by atoms with Gasteiger partial charge >= 0.3 is 5.96 Å². The van der Waals surface area contributed by atoms with Crippen LogP contribution in [-0.4, -0.2) is 74.5 Å². The first kappa shape index (κ1) is 20.7. The van der Waals surface area contributed by atoms with Crippen molar-refractivity contribution >= 4 is 23.6 Å². The first-order chi connectivity index (χ1) is 15.2. The van der Waals surface area contributed by atoms with Crippen LogP contribution in [0.3, 0.4) is 0 Å². The Hall–Kier alpha value is -3.18. The van der Waals surface area contributed by atoms with Gasteiger partial charge in [-0.1, -0.05) is 12.1 Å². The Labute approximate surface area is 184 Å². The molecule has 11 heteroatoms. The van der Waals surface area contributed by atoms with Gasteiger partial charge in [-0.25, -0.2) is 9.57 Å². The van der Waals surface area contributed by atoms with Gasteiger partial charge in [0.05, 0.1) is 6.54 Å². The lowest BCUT2D eigenvalue weighted by molar-refractivity contribution is -0.622. The number of aryl methyl sites for hydroxylation is 1. The number of Topliss-reactive ketones (excluding diaryl/α,β-unsaturated/α-hetero) is 1. The third-order valence-corrected chi connectivity index (χ3v) is 7.16. The molecule has 0 radical (unpaired) electrons. The Kier molecular flexibility index (Phi) is 4.47. The molecule has 4 aliphatic rings. The molecule has 11 nitrogen and oxygen atoms in total. The number of guanidine groups is 2. The number of ketones is 1. The van der Waals surface area contributed by atoms with E-state index >= 15 is 0 Å². The van der Waals surface area contributed by atoms with Gasteiger partial charge in [-0.3, -0.25) is 20.6 Å². The molecule has 1 aromatic carbocycles. The Balaban J connectivity index is 1.51. The molecule has 3 aliphatic heterocycles. The van der Waals surface area contributed by atoms with Crippen LogP contribution in [0.4, 0.5) is 0 Å². The van der Waals surface area contributed by atoms with Crippen molar-refractivity contribution in [1.29, 1.82) is 0 Å². The van der Waals surface area contributed by atoms with Crippen LogP contribution < -0.4 is 27.4 Å². The zero-order chi connectivity index (χ0) is 22.8. The average molecular weight is 443 g/mol. The summed E-state index contributed by atoms with van der Waals surface area (Å²) in [6.45, 7) is 1.34. The highest BCUT2D eigenvalue weighted by molar-refractivity contribution is 5.96. The average Bonchev–Trinajstić information content (AvgIpc) is 3.22. The number of carbonyl (C=O) groups excluding carboxylic acids is 2. The van der Waals surface area contributed by atoms with Gasteiger partial charge in [0.25, 0.3) is 5.91 Å². The van der Waals surface area contributed by atoms with Gasteiger partial charge in [0.15, 0.2) is 23.8 Å². The molecule has 0 saturated carbocycles. The second-order valence-corrected chi connectivity index (χ2v) is 8.98. The molecule has 1 fully saturated rings. The molecular weight excluding hydrogens is 414 g/mol. The van der Waals surface area contributed by atoms with E-state index in [0.29, 0.717) is 5.56 Å². The third-order valence-electron chi connectivity index (χ3n) is 7.16. The van der Waals surface area contributed by atoms with Crippen LogP contribution in [0.5, 0.6) is 0 Å².